The molecule has 100 valence electrons. The monoisotopic (exact) mass is 244 g/mol. The minimum absolute atomic E-state index is 0.850. The Kier molecular flexibility index (Phi) is 6.78. The second-order valence-electron chi connectivity index (χ2n) is 5.38. The molecular formula is C18H28. The summed E-state index contributed by atoms with van der Waals surface area (Å²) in [6, 6.07) is 7.00. The second-order valence-corrected chi connectivity index (χ2v) is 5.38. The van der Waals surface area contributed by atoms with Gasteiger partial charge in [-0.3, -0.25) is 0 Å². The molecule has 1 aliphatic rings. The number of hydrogen-bond donors (Lipinski definition) is 0. The van der Waals surface area contributed by atoms with Gasteiger partial charge in [0.1, 0.15) is 0 Å². The zero-order chi connectivity index (χ0) is 13.4. The van der Waals surface area contributed by atoms with Crippen LogP contribution in [0.15, 0.2) is 30.9 Å². The van der Waals surface area contributed by atoms with Crippen LogP contribution in [0.1, 0.15) is 68.1 Å². The van der Waals surface area contributed by atoms with E-state index >= 15 is 0 Å². The Hall–Kier alpha value is -1.04. The van der Waals surface area contributed by atoms with Gasteiger partial charge in [-0.05, 0) is 55.7 Å². The van der Waals surface area contributed by atoms with Crippen molar-refractivity contribution in [3.05, 3.63) is 47.5 Å². The predicted octanol–water partition coefficient (Wildman–Crippen LogP) is 5.93. The molecule has 0 atom stereocenters. The summed E-state index contributed by atoms with van der Waals surface area (Å²) < 4.78 is 0. The number of rotatable bonds is 2. The zero-order valence-electron chi connectivity index (χ0n) is 12.3. The minimum Gasteiger partial charge on any atom is -0.103 e. The van der Waals surface area contributed by atoms with Gasteiger partial charge in [0.05, 0.1) is 0 Å². The molecule has 1 fully saturated rings. The van der Waals surface area contributed by atoms with E-state index in [4.69, 9.17) is 0 Å². The van der Waals surface area contributed by atoms with Crippen LogP contribution in [0.3, 0.4) is 0 Å². The molecular weight excluding hydrogens is 216 g/mol. The van der Waals surface area contributed by atoms with Crippen LogP contribution in [-0.4, -0.2) is 0 Å². The van der Waals surface area contributed by atoms with Crippen LogP contribution in [0.2, 0.25) is 0 Å². The summed E-state index contributed by atoms with van der Waals surface area (Å²) in [4.78, 5) is 0. The maximum absolute atomic E-state index is 3.48. The highest BCUT2D eigenvalue weighted by Crippen LogP contribution is 2.33. The van der Waals surface area contributed by atoms with Gasteiger partial charge in [0, 0.05) is 0 Å². The first kappa shape index (κ1) is 15.0. The first-order chi connectivity index (χ1) is 8.69. The molecule has 2 rings (SSSR count). The third-order valence-electron chi connectivity index (χ3n) is 3.90. The summed E-state index contributed by atoms with van der Waals surface area (Å²) in [5.74, 6) is 0.850. The molecule has 1 aromatic rings. The Morgan fingerprint density at radius 1 is 1.11 bits per heavy atom. The van der Waals surface area contributed by atoms with E-state index in [1.165, 1.54) is 43.2 Å². The molecule has 0 bridgehead atoms. The quantitative estimate of drug-likeness (QED) is 0.565. The number of allylic oxidation sites excluding steroid dienone is 1. The zero-order valence-corrected chi connectivity index (χ0v) is 12.3. The van der Waals surface area contributed by atoms with Crippen LogP contribution in [0.5, 0.6) is 0 Å². The molecule has 0 N–H and O–H groups in total. The molecule has 1 saturated carbocycles. The molecule has 1 aliphatic carbocycles. The Morgan fingerprint density at radius 3 is 2.22 bits per heavy atom. The maximum atomic E-state index is 3.48. The van der Waals surface area contributed by atoms with E-state index in [-0.39, 0.29) is 0 Å². The van der Waals surface area contributed by atoms with Crippen LogP contribution in [0, 0.1) is 13.8 Å². The summed E-state index contributed by atoms with van der Waals surface area (Å²) >= 11 is 0. The van der Waals surface area contributed by atoms with Gasteiger partial charge < -0.3 is 0 Å². The summed E-state index contributed by atoms with van der Waals surface area (Å²) in [5, 5.41) is 0. The van der Waals surface area contributed by atoms with Crippen LogP contribution in [0.25, 0.3) is 0 Å². The fourth-order valence-corrected chi connectivity index (χ4v) is 2.45. The summed E-state index contributed by atoms with van der Waals surface area (Å²) in [6.45, 7) is 9.96. The number of hydrogen-bond acceptors (Lipinski definition) is 0. The smallest absolute Gasteiger partial charge is 0.0162 e. The van der Waals surface area contributed by atoms with Gasteiger partial charge in [0.25, 0.3) is 0 Å². The van der Waals surface area contributed by atoms with Gasteiger partial charge in [0.15, 0.2) is 0 Å². The van der Waals surface area contributed by atoms with Crippen LogP contribution < -0.4 is 0 Å². The Morgan fingerprint density at radius 2 is 1.72 bits per heavy atom. The summed E-state index contributed by atoms with van der Waals surface area (Å²) in [6.07, 6.45) is 10.1. The van der Waals surface area contributed by atoms with Gasteiger partial charge in [0.2, 0.25) is 0 Å². The normalized spacial score (nSPS) is 15.7. The first-order valence-corrected chi connectivity index (χ1v) is 7.37. The van der Waals surface area contributed by atoms with E-state index < -0.39 is 0 Å². The lowest BCUT2D eigenvalue weighted by Gasteiger charge is -2.22. The SMILES string of the molecule is C=CCC.Cc1ccc(C2CCCCC2)cc1C. The largest absolute Gasteiger partial charge is 0.103 e. The predicted molar refractivity (Wildman–Crippen MR) is 82.2 cm³/mol. The third-order valence-corrected chi connectivity index (χ3v) is 3.90. The molecule has 0 aromatic heterocycles. The van der Waals surface area contributed by atoms with E-state index in [2.05, 4.69) is 45.5 Å². The van der Waals surface area contributed by atoms with Crippen LogP contribution in [0.4, 0.5) is 0 Å². The maximum Gasteiger partial charge on any atom is -0.0162 e. The molecule has 0 nitrogen and oxygen atoms in total. The first-order valence-electron chi connectivity index (χ1n) is 7.37. The van der Waals surface area contributed by atoms with Gasteiger partial charge in [-0.25, -0.2) is 0 Å². The van der Waals surface area contributed by atoms with Gasteiger partial charge in [-0.15, -0.1) is 6.58 Å². The average molecular weight is 244 g/mol. The standard InChI is InChI=1S/C14H20.C4H8/c1-11-8-9-14(10-12(11)2)13-6-4-3-5-7-13;1-3-4-2/h8-10,13H,3-7H2,1-2H3;3H,1,4H2,2H3. The van der Waals surface area contributed by atoms with Crippen molar-refractivity contribution < 1.29 is 0 Å². The van der Waals surface area contributed by atoms with Crippen LogP contribution >= 0.6 is 0 Å². The highest BCUT2D eigenvalue weighted by atomic mass is 14.2. The Balaban J connectivity index is 0.000000357. The van der Waals surface area contributed by atoms with Gasteiger partial charge in [-0.2, -0.15) is 0 Å². The highest BCUT2D eigenvalue weighted by Gasteiger charge is 2.15. The van der Waals surface area contributed by atoms with Crippen molar-refractivity contribution in [3.8, 4) is 0 Å². The molecule has 0 unspecified atom stereocenters. The van der Waals surface area contributed by atoms with Gasteiger partial charge >= 0.3 is 0 Å². The topological polar surface area (TPSA) is 0 Å². The van der Waals surface area contributed by atoms with E-state index in [0.29, 0.717) is 0 Å². The van der Waals surface area contributed by atoms with Crippen molar-refractivity contribution in [3.63, 3.8) is 0 Å². The fraction of sp³-hybridized carbons (Fsp3) is 0.556. The lowest BCUT2D eigenvalue weighted by atomic mass is 9.83. The van der Waals surface area contributed by atoms with E-state index in [1.54, 1.807) is 5.56 Å². The molecule has 0 amide bonds. The van der Waals surface area contributed by atoms with Crippen molar-refractivity contribution in [1.29, 1.82) is 0 Å². The van der Waals surface area contributed by atoms with Crippen LogP contribution in [-0.2, 0) is 0 Å². The van der Waals surface area contributed by atoms with Crippen molar-refractivity contribution >= 4 is 0 Å². The summed E-state index contributed by atoms with van der Waals surface area (Å²) in [5.41, 5.74) is 4.45. The molecule has 0 spiro atoms. The van der Waals surface area contributed by atoms with E-state index in [1.807, 2.05) is 6.08 Å². The fourth-order valence-electron chi connectivity index (χ4n) is 2.45. The number of benzene rings is 1. The molecule has 0 aliphatic heterocycles. The van der Waals surface area contributed by atoms with E-state index in [9.17, 15) is 0 Å². The summed E-state index contributed by atoms with van der Waals surface area (Å²) in [7, 11) is 0. The van der Waals surface area contributed by atoms with Crippen molar-refractivity contribution in [2.75, 3.05) is 0 Å². The number of aryl methyl sites for hydroxylation is 2. The molecule has 0 heteroatoms. The lowest BCUT2D eigenvalue weighted by molar-refractivity contribution is 0.443. The van der Waals surface area contributed by atoms with Crippen molar-refractivity contribution in [1.82, 2.24) is 0 Å². The van der Waals surface area contributed by atoms with E-state index in [0.717, 1.165) is 12.3 Å². The lowest BCUT2D eigenvalue weighted by Crippen LogP contribution is -2.04. The second kappa shape index (κ2) is 8.13. The Bertz CT molecular complexity index is 356. The van der Waals surface area contributed by atoms with Gasteiger partial charge in [-0.1, -0.05) is 50.5 Å². The minimum atomic E-state index is 0.850. The molecule has 0 saturated heterocycles. The Labute approximate surface area is 113 Å². The molecule has 18 heavy (non-hydrogen) atoms. The highest BCUT2D eigenvalue weighted by molar-refractivity contribution is 5.32. The molecule has 0 radical (unpaired) electrons. The van der Waals surface area contributed by atoms with Crippen molar-refractivity contribution in [2.24, 2.45) is 0 Å². The molecule has 0 heterocycles. The molecule has 1 aromatic carbocycles. The van der Waals surface area contributed by atoms with Crippen molar-refractivity contribution in [2.45, 2.75) is 65.2 Å². The third kappa shape index (κ3) is 4.68. The average Bonchev–Trinajstić information content (AvgIpc) is 2.43.